The van der Waals surface area contributed by atoms with E-state index in [1.807, 2.05) is 103 Å². The van der Waals surface area contributed by atoms with Crippen LogP contribution in [-0.2, 0) is 0 Å². The minimum atomic E-state index is 0.836. The zero-order valence-electron chi connectivity index (χ0n) is 15.5. The van der Waals surface area contributed by atoms with Crippen LogP contribution in [0.3, 0.4) is 0 Å². The van der Waals surface area contributed by atoms with Crippen LogP contribution in [0, 0.1) is 0 Å². The summed E-state index contributed by atoms with van der Waals surface area (Å²) in [6, 6.07) is 16.0. The maximum absolute atomic E-state index is 4.58. The first-order valence-electron chi connectivity index (χ1n) is 9.20. The van der Waals surface area contributed by atoms with Crippen molar-refractivity contribution in [2.75, 3.05) is 9.62 Å². The summed E-state index contributed by atoms with van der Waals surface area (Å²) in [5, 5.41) is 0. The predicted molar refractivity (Wildman–Crippen MR) is 115 cm³/mol. The normalized spacial score (nSPS) is 12.8. The Balaban J connectivity index is 1.29. The number of pyridine rings is 4. The van der Waals surface area contributed by atoms with Gasteiger partial charge in [0.05, 0.1) is 0 Å². The van der Waals surface area contributed by atoms with Gasteiger partial charge in [-0.15, -0.1) is 0 Å². The molecule has 0 unspecified atom stereocenters. The third-order valence-corrected chi connectivity index (χ3v) is 4.65. The van der Waals surface area contributed by atoms with E-state index in [9.17, 15) is 0 Å². The highest BCUT2D eigenvalue weighted by Gasteiger charge is 2.20. The van der Waals surface area contributed by atoms with E-state index in [0.29, 0.717) is 0 Å². The minimum absolute atomic E-state index is 0.836. The Morgan fingerprint density at radius 2 is 1.03 bits per heavy atom. The highest BCUT2D eigenvalue weighted by molar-refractivity contribution is 6.49. The Kier molecular flexibility index (Phi) is 4.46. The largest absolute Gasteiger partial charge is 0.402 e. The number of aromatic nitrogens is 4. The Morgan fingerprint density at radius 1 is 0.552 bits per heavy atom. The van der Waals surface area contributed by atoms with E-state index in [4.69, 9.17) is 0 Å². The van der Waals surface area contributed by atoms with Crippen LogP contribution in [0.15, 0.2) is 98.1 Å². The van der Waals surface area contributed by atoms with Crippen molar-refractivity contribution < 1.29 is 0 Å². The van der Waals surface area contributed by atoms with Gasteiger partial charge >= 0.3 is 7.55 Å². The molecule has 0 fully saturated rings. The Labute approximate surface area is 169 Å². The summed E-state index contributed by atoms with van der Waals surface area (Å²) in [5.41, 5.74) is 4.17. The fraction of sp³-hybridized carbons (Fsp3) is 0. The first-order valence-corrected chi connectivity index (χ1v) is 9.20. The van der Waals surface area contributed by atoms with Gasteiger partial charge in [0.2, 0.25) is 0 Å². The fourth-order valence-corrected chi connectivity index (χ4v) is 3.11. The molecule has 0 bridgehead atoms. The van der Waals surface area contributed by atoms with Gasteiger partial charge in [0.25, 0.3) is 0 Å². The number of nitrogens with zero attached hydrogens (tertiary/aromatic N) is 6. The van der Waals surface area contributed by atoms with E-state index < -0.39 is 0 Å². The van der Waals surface area contributed by atoms with E-state index in [0.717, 1.165) is 33.9 Å². The zero-order chi connectivity index (χ0) is 19.5. The molecule has 4 aromatic heterocycles. The summed E-state index contributed by atoms with van der Waals surface area (Å²) in [7, 11) is 1.96. The van der Waals surface area contributed by atoms with Crippen molar-refractivity contribution >= 4 is 19.2 Å². The van der Waals surface area contributed by atoms with Crippen molar-refractivity contribution in [3.8, 4) is 22.3 Å². The van der Waals surface area contributed by atoms with Crippen LogP contribution in [0.2, 0.25) is 0 Å². The molecule has 0 amide bonds. The maximum atomic E-state index is 4.58. The van der Waals surface area contributed by atoms with Crippen LogP contribution in [0.4, 0.5) is 11.6 Å². The minimum Gasteiger partial charge on any atom is -0.358 e. The molecule has 5 heterocycles. The number of anilines is 2. The fourth-order valence-electron chi connectivity index (χ4n) is 3.11. The molecule has 29 heavy (non-hydrogen) atoms. The lowest BCUT2D eigenvalue weighted by atomic mass is 10.1. The zero-order valence-corrected chi connectivity index (χ0v) is 15.5. The molecule has 1 aliphatic heterocycles. The van der Waals surface area contributed by atoms with E-state index in [1.54, 1.807) is 12.4 Å². The molecule has 1 aliphatic rings. The van der Waals surface area contributed by atoms with Gasteiger partial charge in [0.15, 0.2) is 0 Å². The summed E-state index contributed by atoms with van der Waals surface area (Å²) < 4.78 is 0. The number of hydrogen-bond donors (Lipinski definition) is 0. The van der Waals surface area contributed by atoms with Gasteiger partial charge in [0.1, 0.15) is 11.6 Å². The third-order valence-electron chi connectivity index (χ3n) is 4.65. The van der Waals surface area contributed by atoms with Crippen molar-refractivity contribution in [2.24, 2.45) is 0 Å². The second kappa shape index (κ2) is 7.56. The molecule has 0 spiro atoms. The number of hydrogen-bond acceptors (Lipinski definition) is 6. The Hall–Kier alpha value is -4.00. The van der Waals surface area contributed by atoms with E-state index >= 15 is 0 Å². The Morgan fingerprint density at radius 3 is 1.41 bits per heavy atom. The van der Waals surface area contributed by atoms with Crippen LogP contribution in [0.5, 0.6) is 0 Å². The van der Waals surface area contributed by atoms with Gasteiger partial charge in [-0.3, -0.25) is 9.97 Å². The molecule has 4 aromatic rings. The van der Waals surface area contributed by atoms with Crippen LogP contribution in [-0.4, -0.2) is 27.5 Å². The first-order chi connectivity index (χ1) is 14.4. The van der Waals surface area contributed by atoms with Gasteiger partial charge in [-0.25, -0.2) is 9.97 Å². The molecule has 0 saturated heterocycles. The molecule has 0 N–H and O–H groups in total. The molecule has 6 nitrogen and oxygen atoms in total. The third kappa shape index (κ3) is 3.58. The first kappa shape index (κ1) is 17.1. The van der Waals surface area contributed by atoms with E-state index in [2.05, 4.69) is 19.9 Å². The predicted octanol–water partition coefficient (Wildman–Crippen LogP) is 3.93. The quantitative estimate of drug-likeness (QED) is 0.504. The second-order valence-corrected chi connectivity index (χ2v) is 6.52. The standard InChI is InChI=1S/C22H16BN6/c1-3-17(13-24-9-1)19-5-7-21(26-15-19)28-11-12-29(23-28)22-8-6-20(16-27-22)18-4-2-10-25-14-18/h1-16H. The smallest absolute Gasteiger partial charge is 0.358 e. The molecule has 0 atom stereocenters. The highest BCUT2D eigenvalue weighted by atomic mass is 15.3. The molecule has 0 aromatic carbocycles. The molecular weight excluding hydrogens is 359 g/mol. The number of rotatable bonds is 4. The van der Waals surface area contributed by atoms with Crippen molar-refractivity contribution in [3.05, 3.63) is 98.1 Å². The van der Waals surface area contributed by atoms with Crippen molar-refractivity contribution in [3.63, 3.8) is 0 Å². The SMILES string of the molecule is [B]1N(c2ccc(-c3cccnc3)cn2)C=CN1c1ccc(-c2cccnc2)cn1. The highest BCUT2D eigenvalue weighted by Crippen LogP contribution is 2.24. The van der Waals surface area contributed by atoms with Gasteiger partial charge < -0.3 is 9.62 Å². The van der Waals surface area contributed by atoms with Gasteiger partial charge in [-0.05, 0) is 36.4 Å². The lowest BCUT2D eigenvalue weighted by molar-refractivity contribution is 1.23. The van der Waals surface area contributed by atoms with Crippen molar-refractivity contribution in [1.29, 1.82) is 0 Å². The van der Waals surface area contributed by atoms with Crippen molar-refractivity contribution in [1.82, 2.24) is 19.9 Å². The summed E-state index contributed by atoms with van der Waals surface area (Å²) in [6.07, 6.45) is 14.8. The van der Waals surface area contributed by atoms with Gasteiger partial charge in [0, 0.05) is 71.8 Å². The topological polar surface area (TPSA) is 58.0 Å². The van der Waals surface area contributed by atoms with Gasteiger partial charge in [-0.1, -0.05) is 12.1 Å². The molecule has 1 radical (unpaired) electrons. The lowest BCUT2D eigenvalue weighted by Gasteiger charge is -2.18. The lowest BCUT2D eigenvalue weighted by Crippen LogP contribution is -2.30. The molecular formula is C22H16BN6. The average Bonchev–Trinajstić information content (AvgIpc) is 3.31. The summed E-state index contributed by atoms with van der Waals surface area (Å²) in [6.45, 7) is 0. The van der Waals surface area contributed by atoms with Crippen LogP contribution in [0.25, 0.3) is 22.3 Å². The summed E-state index contributed by atoms with van der Waals surface area (Å²) in [5.74, 6) is 1.67. The summed E-state index contributed by atoms with van der Waals surface area (Å²) in [4.78, 5) is 21.4. The summed E-state index contributed by atoms with van der Waals surface area (Å²) >= 11 is 0. The van der Waals surface area contributed by atoms with Crippen LogP contribution < -0.4 is 9.62 Å². The van der Waals surface area contributed by atoms with E-state index in [1.165, 1.54) is 0 Å². The monoisotopic (exact) mass is 375 g/mol. The molecule has 5 rings (SSSR count). The second-order valence-electron chi connectivity index (χ2n) is 6.52. The maximum Gasteiger partial charge on any atom is 0.402 e. The van der Waals surface area contributed by atoms with Crippen molar-refractivity contribution in [2.45, 2.75) is 0 Å². The molecule has 0 aliphatic carbocycles. The molecule has 7 heteroatoms. The Bertz CT molecular complexity index is 1020. The van der Waals surface area contributed by atoms with Gasteiger partial charge in [-0.2, -0.15) is 0 Å². The molecule has 137 valence electrons. The van der Waals surface area contributed by atoms with Crippen LogP contribution in [0.1, 0.15) is 0 Å². The van der Waals surface area contributed by atoms with E-state index in [-0.39, 0.29) is 0 Å². The molecule has 0 saturated carbocycles. The van der Waals surface area contributed by atoms with Crippen LogP contribution >= 0.6 is 0 Å². The average molecular weight is 375 g/mol.